The van der Waals surface area contributed by atoms with E-state index in [1.165, 1.54) is 12.1 Å². The van der Waals surface area contributed by atoms with Gasteiger partial charge in [-0.25, -0.2) is 9.37 Å². The van der Waals surface area contributed by atoms with Gasteiger partial charge in [0.2, 0.25) is 0 Å². The van der Waals surface area contributed by atoms with Gasteiger partial charge in [-0.1, -0.05) is 29.8 Å². The first-order valence-electron chi connectivity index (χ1n) is 10.7. The number of nitrogens with zero attached hydrogens (tertiary/aromatic N) is 2. The number of hydrogen-bond acceptors (Lipinski definition) is 4. The van der Waals surface area contributed by atoms with Crippen LogP contribution in [0.5, 0.6) is 0 Å². The zero-order chi connectivity index (χ0) is 21.6. The maximum Gasteiger partial charge on any atom is 0.126 e. The average Bonchev–Trinajstić information content (AvgIpc) is 2.80. The van der Waals surface area contributed by atoms with Crippen LogP contribution in [-0.2, 0) is 17.7 Å². The van der Waals surface area contributed by atoms with Crippen LogP contribution in [0.3, 0.4) is 0 Å². The van der Waals surface area contributed by atoms with Crippen LogP contribution in [0.15, 0.2) is 54.7 Å². The smallest absolute Gasteiger partial charge is 0.126 e. The molecular weight excluding hydrogens is 413 g/mol. The van der Waals surface area contributed by atoms with Crippen molar-refractivity contribution >= 4 is 17.4 Å². The Morgan fingerprint density at radius 3 is 2.68 bits per heavy atom. The van der Waals surface area contributed by atoms with Crippen LogP contribution in [-0.4, -0.2) is 23.2 Å². The van der Waals surface area contributed by atoms with Crippen LogP contribution >= 0.6 is 11.6 Å². The molecule has 3 aromatic rings. The van der Waals surface area contributed by atoms with E-state index in [0.29, 0.717) is 29.4 Å². The number of anilines is 1. The van der Waals surface area contributed by atoms with Gasteiger partial charge in [-0.2, -0.15) is 0 Å². The minimum Gasteiger partial charge on any atom is -0.381 e. The fourth-order valence-corrected chi connectivity index (χ4v) is 4.38. The van der Waals surface area contributed by atoms with Crippen LogP contribution in [0.25, 0.3) is 11.3 Å². The summed E-state index contributed by atoms with van der Waals surface area (Å²) in [6.07, 6.45) is 7.62. The minimum absolute atomic E-state index is 0.243. The van der Waals surface area contributed by atoms with Crippen molar-refractivity contribution in [3.05, 3.63) is 76.8 Å². The van der Waals surface area contributed by atoms with Crippen molar-refractivity contribution in [3.8, 4) is 11.3 Å². The van der Waals surface area contributed by atoms with Gasteiger partial charge >= 0.3 is 0 Å². The molecule has 0 radical (unpaired) electrons. The number of ether oxygens (including phenoxy) is 1. The molecule has 0 aliphatic heterocycles. The zero-order valence-corrected chi connectivity index (χ0v) is 18.4. The molecule has 0 saturated heterocycles. The predicted octanol–water partition coefficient (Wildman–Crippen LogP) is 6.30. The highest BCUT2D eigenvalue weighted by atomic mass is 35.5. The average molecular weight is 440 g/mol. The van der Waals surface area contributed by atoms with E-state index in [1.807, 2.05) is 24.3 Å². The van der Waals surface area contributed by atoms with Gasteiger partial charge in [-0.3, -0.25) is 4.98 Å². The highest BCUT2D eigenvalue weighted by molar-refractivity contribution is 6.33. The Morgan fingerprint density at radius 2 is 1.90 bits per heavy atom. The Morgan fingerprint density at radius 1 is 1.10 bits per heavy atom. The quantitative estimate of drug-likeness (QED) is 0.469. The molecule has 4 nitrogen and oxygen atoms in total. The largest absolute Gasteiger partial charge is 0.381 e. The van der Waals surface area contributed by atoms with E-state index >= 15 is 0 Å². The molecule has 0 amide bonds. The molecule has 1 N–H and O–H groups in total. The van der Waals surface area contributed by atoms with E-state index in [9.17, 15) is 4.39 Å². The van der Waals surface area contributed by atoms with Gasteiger partial charge in [-0.15, -0.1) is 0 Å². The van der Waals surface area contributed by atoms with Gasteiger partial charge in [0, 0.05) is 31.1 Å². The Hall–Kier alpha value is -2.50. The fraction of sp³-hybridized carbons (Fsp3) is 0.360. The molecular formula is C25H27ClFN3O. The van der Waals surface area contributed by atoms with E-state index in [1.54, 1.807) is 19.4 Å². The molecule has 2 heterocycles. The van der Waals surface area contributed by atoms with Crippen LogP contribution in [0.1, 0.15) is 36.9 Å². The third-order valence-corrected chi connectivity index (χ3v) is 6.23. The maximum absolute atomic E-state index is 13.4. The molecule has 0 bridgehead atoms. The Balaban J connectivity index is 1.46. The van der Waals surface area contributed by atoms with E-state index < -0.39 is 0 Å². The predicted molar refractivity (Wildman–Crippen MR) is 123 cm³/mol. The lowest BCUT2D eigenvalue weighted by Crippen LogP contribution is -2.21. The number of aromatic nitrogens is 2. The first-order valence-corrected chi connectivity index (χ1v) is 11.1. The number of rotatable bonds is 7. The van der Waals surface area contributed by atoms with Crippen molar-refractivity contribution in [2.24, 2.45) is 5.92 Å². The molecule has 1 aliphatic rings. The zero-order valence-electron chi connectivity index (χ0n) is 17.7. The standard InChI is InChI=1S/C25H27ClFN3O/c1-31-21-10-8-17(9-11-21)13-20-14-22(23(26)16-28-20)24-6-3-7-25(30-24)29-15-18-4-2-5-19(27)12-18/h2-7,12,14,16-17,21H,8-11,13,15H2,1H3,(H,29,30). The Labute approximate surface area is 187 Å². The van der Waals surface area contributed by atoms with Crippen molar-refractivity contribution in [3.63, 3.8) is 0 Å². The van der Waals surface area contributed by atoms with Crippen LogP contribution in [0, 0.1) is 11.7 Å². The number of benzene rings is 1. The van der Waals surface area contributed by atoms with Crippen LogP contribution in [0.4, 0.5) is 10.2 Å². The van der Waals surface area contributed by atoms with Gasteiger partial charge in [0.1, 0.15) is 11.6 Å². The Bertz CT molecular complexity index is 1020. The van der Waals surface area contributed by atoms with E-state index in [2.05, 4.69) is 16.4 Å². The summed E-state index contributed by atoms with van der Waals surface area (Å²) in [5, 5.41) is 3.84. The molecule has 0 unspecified atom stereocenters. The van der Waals surface area contributed by atoms with Crippen molar-refractivity contribution in [2.75, 3.05) is 12.4 Å². The Kier molecular flexibility index (Phi) is 7.15. The van der Waals surface area contributed by atoms with Crippen molar-refractivity contribution in [1.82, 2.24) is 9.97 Å². The van der Waals surface area contributed by atoms with Gasteiger partial charge < -0.3 is 10.1 Å². The molecule has 1 fully saturated rings. The second-order valence-electron chi connectivity index (χ2n) is 8.13. The summed E-state index contributed by atoms with van der Waals surface area (Å²) in [6, 6.07) is 14.4. The molecule has 162 valence electrons. The minimum atomic E-state index is -0.243. The highest BCUT2D eigenvalue weighted by Gasteiger charge is 2.22. The number of hydrogen-bond donors (Lipinski definition) is 1. The van der Waals surface area contributed by atoms with Gasteiger partial charge in [0.15, 0.2) is 0 Å². The van der Waals surface area contributed by atoms with E-state index in [-0.39, 0.29) is 5.82 Å². The van der Waals surface area contributed by atoms with Gasteiger partial charge in [0.25, 0.3) is 0 Å². The van der Waals surface area contributed by atoms with Crippen molar-refractivity contribution in [1.29, 1.82) is 0 Å². The third kappa shape index (κ3) is 5.81. The maximum atomic E-state index is 13.4. The van der Waals surface area contributed by atoms with Crippen molar-refractivity contribution < 1.29 is 9.13 Å². The summed E-state index contributed by atoms with van der Waals surface area (Å²) >= 11 is 6.47. The number of methoxy groups -OCH3 is 1. The normalized spacial score (nSPS) is 18.7. The summed E-state index contributed by atoms with van der Waals surface area (Å²) in [5.41, 5.74) is 3.58. The summed E-state index contributed by atoms with van der Waals surface area (Å²) in [7, 11) is 1.80. The molecule has 1 saturated carbocycles. The SMILES string of the molecule is COC1CCC(Cc2cc(-c3cccc(NCc4cccc(F)c4)n3)c(Cl)cn2)CC1. The molecule has 1 aromatic carbocycles. The van der Waals surface area contributed by atoms with Crippen molar-refractivity contribution in [2.45, 2.75) is 44.8 Å². The van der Waals surface area contributed by atoms with Gasteiger partial charge in [-0.05, 0) is 73.9 Å². The lowest BCUT2D eigenvalue weighted by Gasteiger charge is -2.27. The third-order valence-electron chi connectivity index (χ3n) is 5.92. The molecule has 1 aliphatic carbocycles. The molecule has 0 atom stereocenters. The lowest BCUT2D eigenvalue weighted by atomic mass is 9.84. The molecule has 6 heteroatoms. The number of halogens is 2. The molecule has 2 aromatic heterocycles. The highest BCUT2D eigenvalue weighted by Crippen LogP contribution is 2.31. The summed E-state index contributed by atoms with van der Waals surface area (Å²) < 4.78 is 18.9. The van der Waals surface area contributed by atoms with Crippen LogP contribution < -0.4 is 5.32 Å². The van der Waals surface area contributed by atoms with Gasteiger partial charge in [0.05, 0.1) is 16.8 Å². The summed E-state index contributed by atoms with van der Waals surface area (Å²) in [5.74, 6) is 1.10. The molecule has 31 heavy (non-hydrogen) atoms. The first-order chi connectivity index (χ1) is 15.1. The second kappa shape index (κ2) is 10.2. The molecule has 4 rings (SSSR count). The lowest BCUT2D eigenvalue weighted by molar-refractivity contribution is 0.0567. The van der Waals surface area contributed by atoms with E-state index in [0.717, 1.165) is 54.6 Å². The van der Waals surface area contributed by atoms with E-state index in [4.69, 9.17) is 21.3 Å². The monoisotopic (exact) mass is 439 g/mol. The topological polar surface area (TPSA) is 47.0 Å². The first kappa shape index (κ1) is 21.7. The summed E-state index contributed by atoms with van der Waals surface area (Å²) in [4.78, 5) is 9.28. The number of pyridine rings is 2. The van der Waals surface area contributed by atoms with Crippen LogP contribution in [0.2, 0.25) is 5.02 Å². The number of nitrogens with one attached hydrogen (secondary N) is 1. The fourth-order valence-electron chi connectivity index (χ4n) is 4.18. The second-order valence-corrected chi connectivity index (χ2v) is 8.54. The molecule has 0 spiro atoms. The summed E-state index contributed by atoms with van der Waals surface area (Å²) in [6.45, 7) is 0.494.